The lowest BCUT2D eigenvalue weighted by atomic mass is 10.0. The van der Waals surface area contributed by atoms with Crippen molar-refractivity contribution < 1.29 is 9.32 Å². The minimum atomic E-state index is -0.277. The molecule has 23 heavy (non-hydrogen) atoms. The molecular weight excluding hydrogens is 290 g/mol. The summed E-state index contributed by atoms with van der Waals surface area (Å²) in [4.78, 5) is 12.0. The van der Waals surface area contributed by atoms with Gasteiger partial charge in [-0.15, -0.1) is 0 Å². The van der Waals surface area contributed by atoms with Crippen molar-refractivity contribution >= 4 is 17.4 Å². The number of hydrogen-bond donors (Lipinski definition) is 2. The van der Waals surface area contributed by atoms with Crippen LogP contribution in [0.5, 0.6) is 0 Å². The van der Waals surface area contributed by atoms with E-state index >= 15 is 0 Å². The Hall–Kier alpha value is -3.08. The summed E-state index contributed by atoms with van der Waals surface area (Å²) in [6.45, 7) is 3.79. The highest BCUT2D eigenvalue weighted by atomic mass is 16.5. The van der Waals surface area contributed by atoms with E-state index in [1.54, 1.807) is 0 Å². The number of aromatic nitrogens is 1. The maximum absolute atomic E-state index is 12.0. The second kappa shape index (κ2) is 6.36. The lowest BCUT2D eigenvalue weighted by molar-refractivity contribution is 0.262. The van der Waals surface area contributed by atoms with E-state index in [1.165, 1.54) is 0 Å². The van der Waals surface area contributed by atoms with Crippen LogP contribution >= 0.6 is 0 Å². The number of carbonyl (C=O) groups excluding carboxylic acids is 1. The molecule has 1 heterocycles. The standard InChI is InChI=1S/C18H17N3O2/c1-12-17(13(2)23-21-12)14-8-10-16(11-9-14)20-18(22)19-15-6-4-3-5-7-15/h3-11H,1-2H3,(H2,19,20,22). The topological polar surface area (TPSA) is 67.2 Å². The molecule has 0 aliphatic carbocycles. The van der Waals surface area contributed by atoms with Crippen LogP contribution in [0.3, 0.4) is 0 Å². The van der Waals surface area contributed by atoms with Gasteiger partial charge in [0.2, 0.25) is 0 Å². The first kappa shape index (κ1) is 14.8. The Morgan fingerprint density at radius 2 is 1.52 bits per heavy atom. The van der Waals surface area contributed by atoms with Gasteiger partial charge < -0.3 is 15.2 Å². The van der Waals surface area contributed by atoms with Gasteiger partial charge in [-0.3, -0.25) is 0 Å². The highest BCUT2D eigenvalue weighted by Crippen LogP contribution is 2.27. The first-order valence-corrected chi connectivity index (χ1v) is 7.30. The van der Waals surface area contributed by atoms with E-state index in [4.69, 9.17) is 4.52 Å². The second-order valence-electron chi connectivity index (χ2n) is 5.22. The summed E-state index contributed by atoms with van der Waals surface area (Å²) in [6.07, 6.45) is 0. The van der Waals surface area contributed by atoms with Crippen molar-refractivity contribution in [3.63, 3.8) is 0 Å². The van der Waals surface area contributed by atoms with E-state index in [0.29, 0.717) is 5.69 Å². The first-order chi connectivity index (χ1) is 11.1. The molecule has 5 heteroatoms. The third-order valence-electron chi connectivity index (χ3n) is 3.50. The molecule has 3 rings (SSSR count). The van der Waals surface area contributed by atoms with Crippen LogP contribution in [-0.4, -0.2) is 11.2 Å². The van der Waals surface area contributed by atoms with Crippen molar-refractivity contribution in [2.24, 2.45) is 0 Å². The smallest absolute Gasteiger partial charge is 0.323 e. The summed E-state index contributed by atoms with van der Waals surface area (Å²) in [7, 11) is 0. The van der Waals surface area contributed by atoms with Gasteiger partial charge in [-0.05, 0) is 43.7 Å². The predicted molar refractivity (Wildman–Crippen MR) is 90.5 cm³/mol. The van der Waals surface area contributed by atoms with E-state index in [9.17, 15) is 4.79 Å². The van der Waals surface area contributed by atoms with Gasteiger partial charge in [-0.25, -0.2) is 4.79 Å². The average Bonchev–Trinajstić information content (AvgIpc) is 2.88. The highest BCUT2D eigenvalue weighted by Gasteiger charge is 2.11. The molecule has 116 valence electrons. The van der Waals surface area contributed by atoms with Crippen LogP contribution < -0.4 is 10.6 Å². The normalized spacial score (nSPS) is 10.3. The van der Waals surface area contributed by atoms with Gasteiger partial charge in [0.25, 0.3) is 0 Å². The molecule has 0 aliphatic heterocycles. The molecule has 2 N–H and O–H groups in total. The van der Waals surface area contributed by atoms with Crippen molar-refractivity contribution in [3.8, 4) is 11.1 Å². The molecule has 0 radical (unpaired) electrons. The molecule has 0 unspecified atom stereocenters. The maximum atomic E-state index is 12.0. The number of nitrogens with zero attached hydrogens (tertiary/aromatic N) is 1. The SMILES string of the molecule is Cc1noc(C)c1-c1ccc(NC(=O)Nc2ccccc2)cc1. The number of urea groups is 1. The van der Waals surface area contributed by atoms with Crippen molar-refractivity contribution in [1.29, 1.82) is 0 Å². The largest absolute Gasteiger partial charge is 0.361 e. The molecule has 1 aromatic heterocycles. The summed E-state index contributed by atoms with van der Waals surface area (Å²) >= 11 is 0. The average molecular weight is 307 g/mol. The van der Waals surface area contributed by atoms with Gasteiger partial charge in [-0.1, -0.05) is 35.5 Å². The summed E-state index contributed by atoms with van der Waals surface area (Å²) in [5.41, 5.74) is 4.32. The molecule has 0 spiro atoms. The van der Waals surface area contributed by atoms with Crippen molar-refractivity contribution in [2.75, 3.05) is 10.6 Å². The fraction of sp³-hybridized carbons (Fsp3) is 0.111. The number of hydrogen-bond acceptors (Lipinski definition) is 3. The van der Waals surface area contributed by atoms with Crippen LogP contribution in [0.4, 0.5) is 16.2 Å². The highest BCUT2D eigenvalue weighted by molar-refractivity contribution is 5.99. The number of rotatable bonds is 3. The van der Waals surface area contributed by atoms with E-state index in [-0.39, 0.29) is 6.03 Å². The number of aryl methyl sites for hydroxylation is 2. The molecule has 0 saturated carbocycles. The van der Waals surface area contributed by atoms with Crippen molar-refractivity contribution in [2.45, 2.75) is 13.8 Å². The molecule has 0 bridgehead atoms. The Morgan fingerprint density at radius 1 is 0.913 bits per heavy atom. The van der Waals surface area contributed by atoms with Gasteiger partial charge in [0, 0.05) is 16.9 Å². The lowest BCUT2D eigenvalue weighted by Gasteiger charge is -2.08. The van der Waals surface area contributed by atoms with Gasteiger partial charge in [-0.2, -0.15) is 0 Å². The monoisotopic (exact) mass is 307 g/mol. The van der Waals surface area contributed by atoms with Gasteiger partial charge in [0.1, 0.15) is 5.76 Å². The van der Waals surface area contributed by atoms with Crippen molar-refractivity contribution in [1.82, 2.24) is 5.16 Å². The molecule has 2 amide bonds. The van der Waals surface area contributed by atoms with E-state index in [2.05, 4.69) is 15.8 Å². The van der Waals surface area contributed by atoms with Crippen LogP contribution in [-0.2, 0) is 0 Å². The van der Waals surface area contributed by atoms with Gasteiger partial charge >= 0.3 is 6.03 Å². The zero-order valence-electron chi connectivity index (χ0n) is 13.0. The number of benzene rings is 2. The zero-order valence-corrected chi connectivity index (χ0v) is 13.0. The predicted octanol–water partition coefficient (Wildman–Crippen LogP) is 4.60. The third-order valence-corrected chi connectivity index (χ3v) is 3.50. The maximum Gasteiger partial charge on any atom is 0.323 e. The molecule has 2 aromatic carbocycles. The summed E-state index contributed by atoms with van der Waals surface area (Å²) in [5.74, 6) is 0.782. The number of para-hydroxylation sites is 1. The minimum Gasteiger partial charge on any atom is -0.361 e. The summed E-state index contributed by atoms with van der Waals surface area (Å²) in [5, 5.41) is 9.53. The van der Waals surface area contributed by atoms with Crippen LogP contribution in [0.2, 0.25) is 0 Å². The number of amides is 2. The molecule has 0 aliphatic rings. The Kier molecular flexibility index (Phi) is 4.10. The Bertz CT molecular complexity index is 789. The second-order valence-corrected chi connectivity index (χ2v) is 5.22. The van der Waals surface area contributed by atoms with Crippen LogP contribution in [0.25, 0.3) is 11.1 Å². The van der Waals surface area contributed by atoms with E-state index < -0.39 is 0 Å². The lowest BCUT2D eigenvalue weighted by Crippen LogP contribution is -2.19. The molecule has 5 nitrogen and oxygen atoms in total. The molecule has 0 atom stereocenters. The van der Waals surface area contributed by atoms with Crippen LogP contribution in [0.15, 0.2) is 59.1 Å². The molecule has 3 aromatic rings. The molecular formula is C18H17N3O2. The zero-order chi connectivity index (χ0) is 16.2. The Morgan fingerprint density at radius 3 is 2.09 bits per heavy atom. The summed E-state index contributed by atoms with van der Waals surface area (Å²) < 4.78 is 5.18. The van der Waals surface area contributed by atoms with Crippen LogP contribution in [0, 0.1) is 13.8 Å². The Labute approximate surface area is 134 Å². The van der Waals surface area contributed by atoms with Crippen LogP contribution in [0.1, 0.15) is 11.5 Å². The summed E-state index contributed by atoms with van der Waals surface area (Å²) in [6, 6.07) is 16.6. The van der Waals surface area contributed by atoms with Gasteiger partial charge in [0.15, 0.2) is 0 Å². The minimum absolute atomic E-state index is 0.277. The Balaban J connectivity index is 1.69. The molecule has 0 fully saturated rings. The quantitative estimate of drug-likeness (QED) is 0.743. The van der Waals surface area contributed by atoms with Gasteiger partial charge in [0.05, 0.1) is 5.69 Å². The van der Waals surface area contributed by atoms with E-state index in [1.807, 2.05) is 68.4 Å². The number of anilines is 2. The van der Waals surface area contributed by atoms with Crippen molar-refractivity contribution in [3.05, 3.63) is 66.1 Å². The molecule has 0 saturated heterocycles. The number of nitrogens with one attached hydrogen (secondary N) is 2. The van der Waals surface area contributed by atoms with E-state index in [0.717, 1.165) is 28.3 Å². The number of carbonyl (C=O) groups is 1. The fourth-order valence-electron chi connectivity index (χ4n) is 2.43. The first-order valence-electron chi connectivity index (χ1n) is 7.30. The fourth-order valence-corrected chi connectivity index (χ4v) is 2.43. The third kappa shape index (κ3) is 3.40.